The zero-order valence-electron chi connectivity index (χ0n) is 12.5. The van der Waals surface area contributed by atoms with Gasteiger partial charge in [-0.25, -0.2) is 9.59 Å². The summed E-state index contributed by atoms with van der Waals surface area (Å²) in [6.45, 7) is 1.64. The van der Waals surface area contributed by atoms with E-state index in [1.807, 2.05) is 0 Å². The largest absolute Gasteiger partial charge is 0.485 e. The van der Waals surface area contributed by atoms with Gasteiger partial charge < -0.3 is 19.1 Å². The van der Waals surface area contributed by atoms with Gasteiger partial charge in [-0.15, -0.1) is 0 Å². The highest BCUT2D eigenvalue weighted by Crippen LogP contribution is 2.41. The Kier molecular flexibility index (Phi) is 5.25. The molecule has 128 valence electrons. The molecule has 1 atom stereocenters. The fourth-order valence-corrected chi connectivity index (χ4v) is 2.01. The third kappa shape index (κ3) is 3.52. The Bertz CT molecular complexity index is 841. The predicted molar refractivity (Wildman–Crippen MR) is 76.5 cm³/mol. The Balaban J connectivity index is 2.66. The Morgan fingerprint density at radius 1 is 1.24 bits per heavy atom. The minimum atomic E-state index is -1.19. The molecule has 0 amide bonds. The molecule has 0 aliphatic carbocycles. The summed E-state index contributed by atoms with van der Waals surface area (Å²) in [5, 5.41) is 5.33. The van der Waals surface area contributed by atoms with Gasteiger partial charge in [0, 0.05) is 15.4 Å². The third-order valence-electron chi connectivity index (χ3n) is 2.92. The van der Waals surface area contributed by atoms with E-state index in [9.17, 15) is 14.4 Å². The predicted octanol–water partition coefficient (Wildman–Crippen LogP) is 2.42. The van der Waals surface area contributed by atoms with Gasteiger partial charge in [0.2, 0.25) is 0 Å². The lowest BCUT2D eigenvalue weighted by Gasteiger charge is -2.27. The van der Waals surface area contributed by atoms with Crippen LogP contribution in [0, 0.1) is 0 Å². The van der Waals surface area contributed by atoms with Crippen LogP contribution < -0.4 is 9.47 Å². The van der Waals surface area contributed by atoms with Crippen molar-refractivity contribution in [1.82, 2.24) is 0 Å². The van der Waals surface area contributed by atoms with Crippen LogP contribution in [0.5, 0.6) is 11.5 Å². The lowest BCUT2D eigenvalue weighted by molar-refractivity contribution is 0.0453. The van der Waals surface area contributed by atoms with Crippen LogP contribution in [0.2, 0.25) is 0 Å². The van der Waals surface area contributed by atoms with Gasteiger partial charge in [-0.2, -0.15) is 0 Å². The molecule has 0 fully saturated rings. The number of carbonyl (C=O) groups is 3. The fraction of sp³-hybridized carbons (Fsp3) is 0.250. The van der Waals surface area contributed by atoms with E-state index in [1.54, 1.807) is 6.92 Å². The molecule has 1 aliphatic rings. The second kappa shape index (κ2) is 7.55. The van der Waals surface area contributed by atoms with Crippen molar-refractivity contribution in [1.29, 1.82) is 0 Å². The standard InChI is InChI=1S/C12H8N6O7/c1-5-4-22-9-7(11(20)24-17-15-13)2-6(3-19)8(10(9)23-5)12(21)25-18-16-14/h2-3,5H,4H2,1H3. The van der Waals surface area contributed by atoms with Crippen molar-refractivity contribution in [3.8, 4) is 11.5 Å². The second-order valence-corrected chi connectivity index (χ2v) is 4.50. The average molecular weight is 348 g/mol. The average Bonchev–Trinajstić information content (AvgIpc) is 2.62. The van der Waals surface area contributed by atoms with E-state index in [0.29, 0.717) is 0 Å². The molecule has 0 bridgehead atoms. The van der Waals surface area contributed by atoms with Crippen LogP contribution >= 0.6 is 0 Å². The molecule has 1 aromatic rings. The van der Waals surface area contributed by atoms with Crippen LogP contribution in [-0.4, -0.2) is 30.9 Å². The number of hydrogen-bond donors (Lipinski definition) is 0. The van der Waals surface area contributed by atoms with Crippen molar-refractivity contribution in [2.24, 2.45) is 10.6 Å². The molecule has 0 saturated carbocycles. The lowest BCUT2D eigenvalue weighted by atomic mass is 10.0. The van der Waals surface area contributed by atoms with E-state index in [0.717, 1.165) is 6.07 Å². The summed E-state index contributed by atoms with van der Waals surface area (Å²) < 4.78 is 10.8. The Labute approximate surface area is 138 Å². The number of nitrogens with zero attached hydrogens (tertiary/aromatic N) is 6. The molecule has 0 spiro atoms. The molecular weight excluding hydrogens is 340 g/mol. The van der Waals surface area contributed by atoms with Crippen molar-refractivity contribution < 1.29 is 33.5 Å². The summed E-state index contributed by atoms with van der Waals surface area (Å²) in [4.78, 5) is 48.4. The molecule has 13 nitrogen and oxygen atoms in total. The summed E-state index contributed by atoms with van der Waals surface area (Å²) in [5.41, 5.74) is 15.4. The van der Waals surface area contributed by atoms with Crippen molar-refractivity contribution in [2.75, 3.05) is 6.61 Å². The van der Waals surface area contributed by atoms with Crippen LogP contribution in [0.25, 0.3) is 20.9 Å². The summed E-state index contributed by atoms with van der Waals surface area (Å²) in [6.07, 6.45) is -0.277. The Morgan fingerprint density at radius 2 is 1.88 bits per heavy atom. The highest BCUT2D eigenvalue weighted by molar-refractivity contribution is 6.05. The molecular formula is C12H8N6O7. The van der Waals surface area contributed by atoms with Crippen molar-refractivity contribution in [3.05, 3.63) is 43.6 Å². The van der Waals surface area contributed by atoms with Crippen LogP contribution in [-0.2, 0) is 9.68 Å². The van der Waals surface area contributed by atoms with Gasteiger partial charge >= 0.3 is 11.9 Å². The monoisotopic (exact) mass is 348 g/mol. The zero-order valence-corrected chi connectivity index (χ0v) is 12.5. The highest BCUT2D eigenvalue weighted by atomic mass is 16.7. The first-order valence-corrected chi connectivity index (χ1v) is 6.50. The van der Waals surface area contributed by atoms with E-state index in [1.165, 1.54) is 0 Å². The number of ether oxygens (including phenoxy) is 2. The molecule has 0 radical (unpaired) electrons. The van der Waals surface area contributed by atoms with Gasteiger partial charge in [-0.3, -0.25) is 4.79 Å². The molecule has 1 heterocycles. The lowest BCUT2D eigenvalue weighted by Crippen LogP contribution is -2.29. The van der Waals surface area contributed by atoms with Gasteiger partial charge in [-0.05, 0) is 24.1 Å². The third-order valence-corrected chi connectivity index (χ3v) is 2.92. The molecule has 2 rings (SSSR count). The number of aldehydes is 1. The van der Waals surface area contributed by atoms with Crippen LogP contribution in [0.1, 0.15) is 38.0 Å². The van der Waals surface area contributed by atoms with Gasteiger partial charge in [0.05, 0.1) is 0 Å². The molecule has 1 aromatic carbocycles. The second-order valence-electron chi connectivity index (χ2n) is 4.50. The van der Waals surface area contributed by atoms with Crippen LogP contribution in [0.3, 0.4) is 0 Å². The molecule has 0 saturated heterocycles. The van der Waals surface area contributed by atoms with E-state index >= 15 is 0 Å². The fourth-order valence-electron chi connectivity index (χ4n) is 2.01. The first-order chi connectivity index (χ1) is 12.0. The smallest absolute Gasteiger partial charge is 0.354 e. The normalized spacial score (nSPS) is 14.4. The summed E-state index contributed by atoms with van der Waals surface area (Å²) >= 11 is 0. The minimum absolute atomic E-state index is 0.0278. The van der Waals surface area contributed by atoms with Crippen molar-refractivity contribution in [2.45, 2.75) is 13.0 Å². The summed E-state index contributed by atoms with van der Waals surface area (Å²) in [7, 11) is 0. The molecule has 0 aromatic heterocycles. The van der Waals surface area contributed by atoms with Gasteiger partial charge in [0.25, 0.3) is 0 Å². The minimum Gasteiger partial charge on any atom is -0.485 e. The van der Waals surface area contributed by atoms with Gasteiger partial charge in [0.15, 0.2) is 17.8 Å². The molecule has 25 heavy (non-hydrogen) atoms. The Morgan fingerprint density at radius 3 is 2.48 bits per heavy atom. The quantitative estimate of drug-likeness (QED) is 0.257. The van der Waals surface area contributed by atoms with Gasteiger partial charge in [0.1, 0.15) is 34.4 Å². The van der Waals surface area contributed by atoms with Crippen LogP contribution in [0.4, 0.5) is 0 Å². The van der Waals surface area contributed by atoms with E-state index in [4.69, 9.17) is 20.5 Å². The number of benzene rings is 1. The Hall–Kier alpha value is -3.95. The number of rotatable bonds is 5. The highest BCUT2D eigenvalue weighted by Gasteiger charge is 2.33. The molecule has 0 N–H and O–H groups in total. The molecule has 1 unspecified atom stereocenters. The van der Waals surface area contributed by atoms with Crippen molar-refractivity contribution in [3.63, 3.8) is 0 Å². The molecule has 13 heteroatoms. The summed E-state index contributed by atoms with van der Waals surface area (Å²) in [5.74, 6) is -2.81. The summed E-state index contributed by atoms with van der Waals surface area (Å²) in [6, 6.07) is 0.965. The maximum atomic E-state index is 12.1. The number of fused-ring (bicyclic) bond motifs is 1. The number of azide groups is 2. The molecule has 1 aliphatic heterocycles. The number of carbonyl (C=O) groups excluding carboxylic acids is 3. The van der Waals surface area contributed by atoms with Crippen molar-refractivity contribution >= 4 is 18.2 Å². The maximum absolute atomic E-state index is 12.1. The zero-order chi connectivity index (χ0) is 18.4. The van der Waals surface area contributed by atoms with E-state index in [-0.39, 0.29) is 35.5 Å². The SMILES string of the molecule is CC1COc2c(C(=O)ON=[N+]=[N-])cc(C=O)c(C(=O)ON=[N+]=[N-])c2O1. The first-order valence-electron chi connectivity index (χ1n) is 6.50. The maximum Gasteiger partial charge on any atom is 0.354 e. The van der Waals surface area contributed by atoms with Crippen LogP contribution in [0.15, 0.2) is 16.6 Å². The topological polar surface area (TPSA) is 186 Å². The van der Waals surface area contributed by atoms with E-state index in [2.05, 4.69) is 30.1 Å². The van der Waals surface area contributed by atoms with E-state index < -0.39 is 23.6 Å². The first kappa shape index (κ1) is 17.4. The van der Waals surface area contributed by atoms with Gasteiger partial charge in [-0.1, -0.05) is 0 Å². The number of hydrogen-bond acceptors (Lipinski definition) is 9.